The van der Waals surface area contributed by atoms with Crippen molar-refractivity contribution < 1.29 is 22.4 Å². The number of halogens is 1. The Morgan fingerprint density at radius 1 is 0.844 bits per heavy atom. The fourth-order valence-electron chi connectivity index (χ4n) is 5.04. The lowest BCUT2D eigenvalue weighted by Gasteiger charge is -2.35. The summed E-state index contributed by atoms with van der Waals surface area (Å²) in [4.78, 5) is 29.8. The average molecular weight is 630 g/mol. The Labute approximate surface area is 265 Å². The molecule has 1 N–H and O–H groups in total. The average Bonchev–Trinajstić information content (AvgIpc) is 2.99. The molecule has 2 amide bonds. The van der Waals surface area contributed by atoms with E-state index in [-0.39, 0.29) is 23.4 Å². The Morgan fingerprint density at radius 2 is 1.44 bits per heavy atom. The van der Waals surface area contributed by atoms with Crippen molar-refractivity contribution in [2.45, 2.75) is 64.1 Å². The molecule has 4 aromatic carbocycles. The molecule has 0 aromatic heterocycles. The topological polar surface area (TPSA) is 86.8 Å². The minimum atomic E-state index is -4.23. The molecule has 0 radical (unpaired) electrons. The highest BCUT2D eigenvalue weighted by Gasteiger charge is 2.36. The van der Waals surface area contributed by atoms with Crippen molar-refractivity contribution in [1.82, 2.24) is 10.2 Å². The van der Waals surface area contributed by atoms with E-state index in [1.165, 1.54) is 23.1 Å². The molecule has 0 aliphatic carbocycles. The first-order valence-corrected chi connectivity index (χ1v) is 16.2. The molecule has 0 saturated heterocycles. The minimum absolute atomic E-state index is 0.0191. The zero-order valence-electron chi connectivity index (χ0n) is 26.3. The smallest absolute Gasteiger partial charge is 0.264 e. The number of rotatable bonds is 11. The number of benzene rings is 4. The Morgan fingerprint density at radius 3 is 2.07 bits per heavy atom. The van der Waals surface area contributed by atoms with Gasteiger partial charge in [0.1, 0.15) is 18.4 Å². The molecule has 45 heavy (non-hydrogen) atoms. The third kappa shape index (κ3) is 8.57. The molecule has 0 aliphatic rings. The molecule has 7 nitrogen and oxygen atoms in total. The first kappa shape index (κ1) is 33.4. The SMILES string of the molecule is Cc1ccc(C)c(N(CC(=O)N(Cc2ccccc2F)[C@H](Cc2ccccc2)C(=O)NC(C)(C)C)S(=O)(=O)c2ccccc2)c1. The summed E-state index contributed by atoms with van der Waals surface area (Å²) in [6.07, 6.45) is 0.137. The van der Waals surface area contributed by atoms with Crippen molar-refractivity contribution >= 4 is 27.5 Å². The number of amides is 2. The van der Waals surface area contributed by atoms with Crippen molar-refractivity contribution in [2.75, 3.05) is 10.8 Å². The lowest BCUT2D eigenvalue weighted by atomic mass is 10.0. The van der Waals surface area contributed by atoms with E-state index in [0.717, 1.165) is 15.4 Å². The van der Waals surface area contributed by atoms with Gasteiger partial charge in [0.2, 0.25) is 11.8 Å². The molecule has 236 valence electrons. The third-order valence-electron chi connectivity index (χ3n) is 7.31. The fourth-order valence-corrected chi connectivity index (χ4v) is 6.53. The van der Waals surface area contributed by atoms with Gasteiger partial charge in [-0.05, 0) is 75.6 Å². The summed E-state index contributed by atoms with van der Waals surface area (Å²) >= 11 is 0. The fraction of sp³-hybridized carbons (Fsp3) is 0.278. The van der Waals surface area contributed by atoms with Crippen LogP contribution in [0.25, 0.3) is 0 Å². The predicted molar refractivity (Wildman–Crippen MR) is 176 cm³/mol. The van der Waals surface area contributed by atoms with E-state index in [9.17, 15) is 18.0 Å². The van der Waals surface area contributed by atoms with Crippen LogP contribution < -0.4 is 9.62 Å². The van der Waals surface area contributed by atoms with E-state index >= 15 is 4.39 Å². The lowest BCUT2D eigenvalue weighted by Crippen LogP contribution is -2.56. The largest absolute Gasteiger partial charge is 0.350 e. The van der Waals surface area contributed by atoms with Gasteiger partial charge in [-0.2, -0.15) is 0 Å². The normalized spacial score (nSPS) is 12.3. The van der Waals surface area contributed by atoms with E-state index in [2.05, 4.69) is 5.32 Å². The van der Waals surface area contributed by atoms with Crippen LogP contribution in [0.4, 0.5) is 10.1 Å². The number of aryl methyl sites for hydroxylation is 2. The van der Waals surface area contributed by atoms with Crippen LogP contribution in [0.1, 0.15) is 43.0 Å². The van der Waals surface area contributed by atoms with Crippen LogP contribution in [-0.4, -0.2) is 43.3 Å². The molecule has 0 unspecified atom stereocenters. The first-order chi connectivity index (χ1) is 21.3. The number of hydrogen-bond acceptors (Lipinski definition) is 4. The Bertz CT molecular complexity index is 1740. The van der Waals surface area contributed by atoms with Crippen molar-refractivity contribution in [3.05, 3.63) is 131 Å². The Balaban J connectivity index is 1.85. The first-order valence-electron chi connectivity index (χ1n) is 14.8. The number of carbonyl (C=O) groups is 2. The van der Waals surface area contributed by atoms with E-state index in [4.69, 9.17) is 0 Å². The second-order valence-electron chi connectivity index (χ2n) is 12.2. The standard InChI is InChI=1S/C36H40FN3O4S/c1-26-20-21-27(2)32(22-26)40(45(43,44)30-17-10-7-11-18-30)25-34(41)39(24-29-16-12-13-19-31(29)37)33(35(42)38-36(3,4)5)23-28-14-8-6-9-15-28/h6-22,33H,23-25H2,1-5H3,(H,38,42)/t33-/m1/s1. The molecule has 0 heterocycles. The van der Waals surface area contributed by atoms with Gasteiger partial charge >= 0.3 is 0 Å². The number of nitrogens with one attached hydrogen (secondary N) is 1. The van der Waals surface area contributed by atoms with E-state index in [1.54, 1.807) is 55.5 Å². The number of anilines is 1. The third-order valence-corrected chi connectivity index (χ3v) is 9.09. The van der Waals surface area contributed by atoms with Gasteiger partial charge in [0.05, 0.1) is 10.6 Å². The summed E-state index contributed by atoms with van der Waals surface area (Å²) < 4.78 is 44.5. The molecule has 0 aliphatic heterocycles. The van der Waals surface area contributed by atoms with Gasteiger partial charge in [-0.3, -0.25) is 13.9 Å². The summed E-state index contributed by atoms with van der Waals surface area (Å²) in [5, 5.41) is 2.97. The Kier molecular flexibility index (Phi) is 10.4. The molecule has 0 saturated carbocycles. The number of nitrogens with zero attached hydrogens (tertiary/aromatic N) is 2. The quantitative estimate of drug-likeness (QED) is 0.214. The monoisotopic (exact) mass is 629 g/mol. The zero-order chi connectivity index (χ0) is 32.8. The Hall–Kier alpha value is -4.50. The molecular formula is C36H40FN3O4S. The lowest BCUT2D eigenvalue weighted by molar-refractivity contribution is -0.140. The maximum Gasteiger partial charge on any atom is 0.264 e. The second kappa shape index (κ2) is 14.1. The predicted octanol–water partition coefficient (Wildman–Crippen LogP) is 6.19. The van der Waals surface area contributed by atoms with Gasteiger partial charge < -0.3 is 10.2 Å². The van der Waals surface area contributed by atoms with Crippen LogP contribution in [0, 0.1) is 19.7 Å². The highest BCUT2D eigenvalue weighted by atomic mass is 32.2. The number of sulfonamides is 1. The van der Waals surface area contributed by atoms with Crippen LogP contribution in [0.3, 0.4) is 0 Å². The van der Waals surface area contributed by atoms with Gasteiger partial charge in [0.15, 0.2) is 0 Å². The van der Waals surface area contributed by atoms with Crippen molar-refractivity contribution in [3.63, 3.8) is 0 Å². The highest BCUT2D eigenvalue weighted by molar-refractivity contribution is 7.92. The molecule has 4 rings (SSSR count). The summed E-state index contributed by atoms with van der Waals surface area (Å²) in [6.45, 7) is 8.28. The highest BCUT2D eigenvalue weighted by Crippen LogP contribution is 2.29. The van der Waals surface area contributed by atoms with E-state index in [1.807, 2.05) is 64.1 Å². The van der Waals surface area contributed by atoms with Crippen LogP contribution in [0.15, 0.2) is 108 Å². The molecule has 1 atom stereocenters. The van der Waals surface area contributed by atoms with Crippen molar-refractivity contribution in [1.29, 1.82) is 0 Å². The molecule has 0 spiro atoms. The maximum absolute atomic E-state index is 15.1. The van der Waals surface area contributed by atoms with Crippen LogP contribution in [0.5, 0.6) is 0 Å². The zero-order valence-corrected chi connectivity index (χ0v) is 27.1. The van der Waals surface area contributed by atoms with Crippen molar-refractivity contribution in [2.24, 2.45) is 0 Å². The van der Waals surface area contributed by atoms with E-state index < -0.39 is 45.8 Å². The van der Waals surface area contributed by atoms with Gasteiger partial charge in [-0.25, -0.2) is 12.8 Å². The van der Waals surface area contributed by atoms with Gasteiger partial charge in [-0.15, -0.1) is 0 Å². The van der Waals surface area contributed by atoms with Gasteiger partial charge in [0, 0.05) is 24.1 Å². The molecule has 4 aromatic rings. The summed E-state index contributed by atoms with van der Waals surface area (Å²) in [6, 6.07) is 27.5. The minimum Gasteiger partial charge on any atom is -0.350 e. The molecule has 0 bridgehead atoms. The molecule has 0 fully saturated rings. The van der Waals surface area contributed by atoms with Crippen LogP contribution in [0.2, 0.25) is 0 Å². The van der Waals surface area contributed by atoms with E-state index in [0.29, 0.717) is 11.3 Å². The summed E-state index contributed by atoms with van der Waals surface area (Å²) in [5.41, 5.74) is 2.18. The number of carbonyl (C=O) groups excluding carboxylic acids is 2. The summed E-state index contributed by atoms with van der Waals surface area (Å²) in [5.74, 6) is -1.61. The second-order valence-corrected chi connectivity index (χ2v) is 14.0. The number of hydrogen-bond donors (Lipinski definition) is 1. The molecular weight excluding hydrogens is 589 g/mol. The van der Waals surface area contributed by atoms with Crippen LogP contribution in [-0.2, 0) is 32.6 Å². The van der Waals surface area contributed by atoms with Gasteiger partial charge in [0.25, 0.3) is 10.0 Å². The summed E-state index contributed by atoms with van der Waals surface area (Å²) in [7, 11) is -4.23. The maximum atomic E-state index is 15.1. The van der Waals surface area contributed by atoms with Crippen molar-refractivity contribution in [3.8, 4) is 0 Å². The van der Waals surface area contributed by atoms with Crippen LogP contribution >= 0.6 is 0 Å². The molecule has 9 heteroatoms. The van der Waals surface area contributed by atoms with Gasteiger partial charge in [-0.1, -0.05) is 78.9 Å².